The lowest BCUT2D eigenvalue weighted by molar-refractivity contribution is -0.144. The molecule has 4 fully saturated rings. The Morgan fingerprint density at radius 3 is 1.04 bits per heavy atom. The van der Waals surface area contributed by atoms with Gasteiger partial charge in [-0.1, -0.05) is 12.1 Å². The predicted octanol–water partition coefficient (Wildman–Crippen LogP) is 14.2. The molecule has 4 aromatic carbocycles. The molecule has 10 nitrogen and oxygen atoms in total. The number of benzene rings is 4. The Balaban J connectivity index is 0.000000410. The van der Waals surface area contributed by atoms with Crippen molar-refractivity contribution in [1.82, 2.24) is 29.4 Å². The number of hydrogen-bond donors (Lipinski definition) is 0. The van der Waals surface area contributed by atoms with E-state index in [4.69, 9.17) is 9.47 Å². The minimum Gasteiger partial charge on any atom is -0.379 e. The Bertz CT molecular complexity index is 2500. The molecule has 8 rings (SSSR count). The smallest absolute Gasteiger partial charge is 0.379 e. The molecule has 4 saturated heterocycles. The molecule has 4 aromatic rings. The number of carbonyl (C=O) groups excluding carboxylic acids is 2. The van der Waals surface area contributed by atoms with Gasteiger partial charge in [-0.05, 0) is 134 Å². The fraction of sp³-hybridized carbons (Fsp3) is 0.519. The van der Waals surface area contributed by atoms with Crippen LogP contribution in [0.5, 0.6) is 0 Å². The van der Waals surface area contributed by atoms with Crippen molar-refractivity contribution >= 4 is 61.7 Å². The monoisotopic (exact) mass is 1270 g/mol. The number of carbonyl (C=O) groups is 2. The van der Waals surface area contributed by atoms with Crippen LogP contribution in [0.1, 0.15) is 93.4 Å². The van der Waals surface area contributed by atoms with Gasteiger partial charge in [0.25, 0.3) is 0 Å². The molecule has 28 heteroatoms. The number of ether oxygens (including phenoxy) is 2. The molecular weight excluding hydrogens is 1200 g/mol. The first kappa shape index (κ1) is 71.7. The highest BCUT2D eigenvalue weighted by atomic mass is 35.5. The molecule has 82 heavy (non-hydrogen) atoms. The number of piperidine rings is 2. The molecule has 4 heterocycles. The molecule has 0 N–H and O–H groups in total. The maximum atomic E-state index is 13.9. The van der Waals surface area contributed by atoms with Crippen molar-refractivity contribution in [3.63, 3.8) is 0 Å². The van der Waals surface area contributed by atoms with E-state index in [1.54, 1.807) is 35.8 Å². The zero-order valence-electron chi connectivity index (χ0n) is 44.8. The summed E-state index contributed by atoms with van der Waals surface area (Å²) in [4.78, 5) is 37.2. The highest BCUT2D eigenvalue weighted by Gasteiger charge is 2.42. The van der Waals surface area contributed by atoms with Crippen molar-refractivity contribution in [3.8, 4) is 0 Å². The Labute approximate surface area is 491 Å². The zero-order valence-corrected chi connectivity index (χ0v) is 48.1. The Kier molecular flexibility index (Phi) is 25.8. The maximum absolute atomic E-state index is 13.9. The van der Waals surface area contributed by atoms with Gasteiger partial charge in [0.15, 0.2) is 0 Å². The van der Waals surface area contributed by atoms with Gasteiger partial charge in [-0.2, -0.15) is 52.7 Å². The number of halogens is 18. The van der Waals surface area contributed by atoms with E-state index in [1.807, 2.05) is 0 Å². The quantitative estimate of drug-likeness (QED) is 0.164. The number of alkyl halides is 12. The third-order valence-corrected chi connectivity index (χ3v) is 14.7. The van der Waals surface area contributed by atoms with Gasteiger partial charge in [0.1, 0.15) is 11.6 Å². The van der Waals surface area contributed by atoms with Gasteiger partial charge in [-0.3, -0.25) is 9.80 Å². The number of rotatable bonds is 8. The Morgan fingerprint density at radius 1 is 0.476 bits per heavy atom. The van der Waals surface area contributed by atoms with E-state index in [0.29, 0.717) is 101 Å². The van der Waals surface area contributed by atoms with Gasteiger partial charge < -0.3 is 29.1 Å². The second-order valence-corrected chi connectivity index (χ2v) is 20.2. The number of amides is 4. The molecule has 0 saturated carbocycles. The average Bonchev–Trinajstić information content (AvgIpc) is 3.38. The van der Waals surface area contributed by atoms with Crippen LogP contribution in [0.4, 0.5) is 71.1 Å². The van der Waals surface area contributed by atoms with Crippen molar-refractivity contribution < 1.29 is 80.5 Å². The fourth-order valence-electron chi connectivity index (χ4n) is 10.9. The highest BCUT2D eigenvalue weighted by molar-refractivity contribution is 5.86. The number of morpholine rings is 2. The van der Waals surface area contributed by atoms with Gasteiger partial charge >= 0.3 is 36.8 Å². The van der Waals surface area contributed by atoms with Crippen LogP contribution >= 0.6 is 49.6 Å². The number of nitrogens with zero attached hydrogens (tertiary/aromatic N) is 6. The van der Waals surface area contributed by atoms with Gasteiger partial charge in [0.2, 0.25) is 0 Å². The molecule has 0 spiro atoms. The molecule has 0 unspecified atom stereocenters. The zero-order chi connectivity index (χ0) is 57.1. The summed E-state index contributed by atoms with van der Waals surface area (Å²) in [6, 6.07) is 9.59. The average molecular weight is 1270 g/mol. The summed E-state index contributed by atoms with van der Waals surface area (Å²) in [5.41, 5.74) is -3.51. The lowest BCUT2D eigenvalue weighted by Gasteiger charge is -2.45. The van der Waals surface area contributed by atoms with Crippen LogP contribution in [0.3, 0.4) is 0 Å². The third-order valence-electron chi connectivity index (χ3n) is 14.7. The molecule has 4 atom stereocenters. The van der Waals surface area contributed by atoms with E-state index < -0.39 is 95.8 Å². The van der Waals surface area contributed by atoms with Gasteiger partial charge in [0.05, 0.1) is 60.8 Å². The van der Waals surface area contributed by atoms with E-state index in [9.17, 15) is 71.1 Å². The van der Waals surface area contributed by atoms with Crippen LogP contribution in [0.25, 0.3) is 0 Å². The van der Waals surface area contributed by atoms with E-state index >= 15 is 0 Å². The summed E-state index contributed by atoms with van der Waals surface area (Å²) in [6.45, 7) is 8.57. The van der Waals surface area contributed by atoms with Gasteiger partial charge in [-0.15, -0.1) is 49.6 Å². The topological polar surface area (TPSA) is 72.0 Å². The van der Waals surface area contributed by atoms with E-state index in [-0.39, 0.29) is 85.0 Å². The first-order valence-electron chi connectivity index (χ1n) is 25.2. The van der Waals surface area contributed by atoms with Crippen LogP contribution in [0.2, 0.25) is 0 Å². The summed E-state index contributed by atoms with van der Waals surface area (Å²) in [7, 11) is 2.69. The maximum Gasteiger partial charge on any atom is 0.416 e. The van der Waals surface area contributed by atoms with Crippen LogP contribution in [-0.4, -0.2) is 133 Å². The van der Waals surface area contributed by atoms with Crippen LogP contribution in [0.15, 0.2) is 72.8 Å². The summed E-state index contributed by atoms with van der Waals surface area (Å²) >= 11 is 0. The molecule has 0 aromatic heterocycles. The van der Waals surface area contributed by atoms with Crippen molar-refractivity contribution in [2.24, 2.45) is 0 Å². The Hall–Kier alpha value is -4.56. The molecular formula is C54H64Cl4F14N6O4. The van der Waals surface area contributed by atoms with Crippen molar-refractivity contribution in [3.05, 3.63) is 140 Å². The molecule has 0 bridgehead atoms. The number of hydrogen-bond acceptors (Lipinski definition) is 6. The third kappa shape index (κ3) is 18.2. The normalized spacial score (nSPS) is 20.2. The largest absolute Gasteiger partial charge is 0.416 e. The van der Waals surface area contributed by atoms with E-state index in [0.717, 1.165) is 47.1 Å². The van der Waals surface area contributed by atoms with Crippen molar-refractivity contribution in [2.45, 2.75) is 101 Å². The van der Waals surface area contributed by atoms with Crippen molar-refractivity contribution in [2.75, 3.05) is 79.8 Å². The molecule has 4 amide bonds. The van der Waals surface area contributed by atoms with Gasteiger partial charge in [0, 0.05) is 78.5 Å². The SMILES string of the molecule is Cc1cc(F)ccc1[C@@H]1C[C@@H](N2CCOCC2)CCN1C(=O)N(C)Cc1cc(C(F)(F)F)cc(C(F)(F)F)c1.Cc1cc(F)ccc1[C@H]1C[C@H](N2CCOCC2)CCN1C(=O)N(C)Cc1cc(C(F)(F)F)cc(C(F)(F)F)c1.Cl.Cl.Cl.Cl. The minimum absolute atomic E-state index is 0. The predicted molar refractivity (Wildman–Crippen MR) is 288 cm³/mol. The molecule has 460 valence electrons. The molecule has 4 aliphatic rings. The standard InChI is InChI=1S/2C27H30F7N3O2.4ClH/c2*1-17-11-21(28)3-4-23(17)24-15-22(36-7-9-39-10-8-36)5-6-37(24)25(38)35(2)16-18-12-19(26(29,30)31)14-20(13-18)27(32,33)34;;;;/h2*3-4,11-14,22,24H,5-10,15-16H2,1-2H3;4*1H/t2*22-,24-;;;;/m10..../s1. The van der Waals surface area contributed by atoms with E-state index in [1.165, 1.54) is 38.4 Å². The fourth-order valence-corrected chi connectivity index (χ4v) is 10.9. The lowest BCUT2D eigenvalue weighted by Crippen LogP contribution is -2.53. The Morgan fingerprint density at radius 2 is 0.768 bits per heavy atom. The van der Waals surface area contributed by atoms with Crippen LogP contribution in [-0.2, 0) is 47.3 Å². The second kappa shape index (κ2) is 29.5. The minimum atomic E-state index is -4.98. The van der Waals surface area contributed by atoms with Gasteiger partial charge in [-0.25, -0.2) is 18.4 Å². The number of likely N-dealkylation sites (tertiary alicyclic amines) is 2. The summed E-state index contributed by atoms with van der Waals surface area (Å²) in [5.74, 6) is -0.839. The van der Waals surface area contributed by atoms with E-state index in [2.05, 4.69) is 9.80 Å². The summed E-state index contributed by atoms with van der Waals surface area (Å²) < 4.78 is 199. The molecule has 0 aliphatic carbocycles. The molecule has 4 aliphatic heterocycles. The first-order valence-corrected chi connectivity index (χ1v) is 25.2. The molecule has 0 radical (unpaired) electrons. The highest BCUT2D eigenvalue weighted by Crippen LogP contribution is 2.41. The number of urea groups is 2. The second-order valence-electron chi connectivity index (χ2n) is 20.2. The number of aryl methyl sites for hydroxylation is 2. The lowest BCUT2D eigenvalue weighted by atomic mass is 9.88. The van der Waals surface area contributed by atoms with Crippen LogP contribution < -0.4 is 0 Å². The van der Waals surface area contributed by atoms with Crippen molar-refractivity contribution in [1.29, 1.82) is 0 Å². The summed E-state index contributed by atoms with van der Waals surface area (Å²) in [6.07, 6.45) is -17.6. The first-order chi connectivity index (χ1) is 36.5. The van der Waals surface area contributed by atoms with Crippen LogP contribution in [0, 0.1) is 25.5 Å². The summed E-state index contributed by atoms with van der Waals surface area (Å²) in [5, 5.41) is 0.